The number of guanidine groups is 1. The predicted molar refractivity (Wildman–Crippen MR) is 97.7 cm³/mol. The maximum atomic E-state index is 10.2. The molecule has 0 aromatic heterocycles. The minimum atomic E-state index is -0.730. The molecule has 1 unspecified atom stereocenters. The first-order valence-electron chi connectivity index (χ1n) is 8.20. The third kappa shape index (κ3) is 8.49. The highest BCUT2D eigenvalue weighted by molar-refractivity contribution is 6.31. The average molecular weight is 358 g/mol. The molecule has 0 heterocycles. The first-order valence-corrected chi connectivity index (χ1v) is 8.58. The Morgan fingerprint density at radius 2 is 2.04 bits per heavy atom. The summed E-state index contributed by atoms with van der Waals surface area (Å²) in [5.74, 6) is 0.667. The first-order chi connectivity index (χ1) is 11.7. The highest BCUT2D eigenvalue weighted by Gasteiger charge is 2.10. The van der Waals surface area contributed by atoms with E-state index < -0.39 is 6.10 Å². The quantitative estimate of drug-likeness (QED) is 0.321. The molecule has 0 aliphatic heterocycles. The van der Waals surface area contributed by atoms with E-state index in [9.17, 15) is 5.11 Å². The minimum absolute atomic E-state index is 0.239. The molecule has 0 amide bonds. The van der Waals surface area contributed by atoms with Gasteiger partial charge in [-0.3, -0.25) is 4.99 Å². The molecule has 7 heteroatoms. The Morgan fingerprint density at radius 1 is 1.25 bits per heavy atom. The van der Waals surface area contributed by atoms with Crippen molar-refractivity contribution in [2.24, 2.45) is 4.99 Å². The van der Waals surface area contributed by atoms with E-state index in [-0.39, 0.29) is 6.54 Å². The Balaban J connectivity index is 2.37. The SMILES string of the molecule is CCNC(=NCC(O)c1ccccc1Cl)NCCCOCCOC. The van der Waals surface area contributed by atoms with Crippen molar-refractivity contribution in [1.82, 2.24) is 10.6 Å². The Morgan fingerprint density at radius 3 is 2.75 bits per heavy atom. The fourth-order valence-corrected chi connectivity index (χ4v) is 2.25. The van der Waals surface area contributed by atoms with Gasteiger partial charge in [-0.05, 0) is 19.4 Å². The van der Waals surface area contributed by atoms with Crippen LogP contribution in [0, 0.1) is 0 Å². The van der Waals surface area contributed by atoms with Gasteiger partial charge in [0, 0.05) is 37.4 Å². The number of halogens is 1. The van der Waals surface area contributed by atoms with E-state index in [1.165, 1.54) is 0 Å². The summed E-state index contributed by atoms with van der Waals surface area (Å²) in [6.45, 7) is 5.60. The normalized spacial score (nSPS) is 12.9. The number of nitrogens with one attached hydrogen (secondary N) is 2. The third-order valence-corrected chi connectivity index (χ3v) is 3.56. The topological polar surface area (TPSA) is 75.1 Å². The summed E-state index contributed by atoms with van der Waals surface area (Å²) in [6.07, 6.45) is 0.132. The molecule has 1 aromatic rings. The lowest BCUT2D eigenvalue weighted by molar-refractivity contribution is 0.0698. The molecule has 0 fully saturated rings. The van der Waals surface area contributed by atoms with Crippen molar-refractivity contribution in [3.8, 4) is 0 Å². The zero-order valence-electron chi connectivity index (χ0n) is 14.4. The van der Waals surface area contributed by atoms with Crippen LogP contribution in [0.25, 0.3) is 0 Å². The van der Waals surface area contributed by atoms with Gasteiger partial charge in [-0.2, -0.15) is 0 Å². The Bertz CT molecular complexity index is 486. The molecular formula is C17H28ClN3O3. The van der Waals surface area contributed by atoms with Crippen molar-refractivity contribution < 1.29 is 14.6 Å². The van der Waals surface area contributed by atoms with E-state index in [1.807, 2.05) is 19.1 Å². The van der Waals surface area contributed by atoms with Crippen molar-refractivity contribution in [3.63, 3.8) is 0 Å². The average Bonchev–Trinajstić information content (AvgIpc) is 2.59. The van der Waals surface area contributed by atoms with Crippen LogP contribution in [-0.2, 0) is 9.47 Å². The van der Waals surface area contributed by atoms with Crippen LogP contribution in [0.2, 0.25) is 5.02 Å². The molecule has 0 spiro atoms. The van der Waals surface area contributed by atoms with Gasteiger partial charge >= 0.3 is 0 Å². The van der Waals surface area contributed by atoms with Crippen molar-refractivity contribution >= 4 is 17.6 Å². The molecule has 24 heavy (non-hydrogen) atoms. The fraction of sp³-hybridized carbons (Fsp3) is 0.588. The number of aliphatic imine (C=N–C) groups is 1. The number of rotatable bonds is 11. The zero-order chi connectivity index (χ0) is 17.6. The molecular weight excluding hydrogens is 330 g/mol. The van der Waals surface area contributed by atoms with Crippen LogP contribution < -0.4 is 10.6 Å². The molecule has 1 rings (SSSR count). The van der Waals surface area contributed by atoms with Crippen molar-refractivity contribution in [3.05, 3.63) is 34.9 Å². The molecule has 0 aliphatic rings. The lowest BCUT2D eigenvalue weighted by Crippen LogP contribution is -2.38. The number of aliphatic hydroxyl groups excluding tert-OH is 1. The van der Waals surface area contributed by atoms with Crippen LogP contribution in [0.1, 0.15) is 25.0 Å². The van der Waals surface area contributed by atoms with Crippen LogP contribution in [0.4, 0.5) is 0 Å². The maximum Gasteiger partial charge on any atom is 0.191 e. The van der Waals surface area contributed by atoms with Gasteiger partial charge in [0.2, 0.25) is 0 Å². The highest BCUT2D eigenvalue weighted by Crippen LogP contribution is 2.22. The van der Waals surface area contributed by atoms with Crippen LogP contribution in [0.15, 0.2) is 29.3 Å². The third-order valence-electron chi connectivity index (χ3n) is 3.22. The number of nitrogens with zero attached hydrogens (tertiary/aromatic N) is 1. The number of ether oxygens (including phenoxy) is 2. The lowest BCUT2D eigenvalue weighted by Gasteiger charge is -2.14. The van der Waals surface area contributed by atoms with Gasteiger partial charge in [0.25, 0.3) is 0 Å². The number of benzene rings is 1. The summed E-state index contributed by atoms with van der Waals surface area (Å²) < 4.78 is 10.3. The fourth-order valence-electron chi connectivity index (χ4n) is 1.99. The lowest BCUT2D eigenvalue weighted by atomic mass is 10.1. The summed E-state index contributed by atoms with van der Waals surface area (Å²) in [6, 6.07) is 7.25. The van der Waals surface area contributed by atoms with Crippen molar-refractivity contribution in [2.75, 3.05) is 46.6 Å². The van der Waals surface area contributed by atoms with E-state index in [0.717, 1.165) is 19.5 Å². The van der Waals surface area contributed by atoms with Gasteiger partial charge in [0.05, 0.1) is 19.8 Å². The Kier molecular flexibility index (Phi) is 11.2. The Labute approximate surface area is 149 Å². The van der Waals surface area contributed by atoms with Gasteiger partial charge in [-0.25, -0.2) is 0 Å². The second-order valence-corrected chi connectivity index (χ2v) is 5.55. The Hall–Kier alpha value is -1.34. The number of hydrogen-bond donors (Lipinski definition) is 3. The largest absolute Gasteiger partial charge is 0.386 e. The van der Waals surface area contributed by atoms with Crippen LogP contribution in [-0.4, -0.2) is 57.6 Å². The van der Waals surface area contributed by atoms with E-state index in [2.05, 4.69) is 15.6 Å². The molecule has 0 bridgehead atoms. The van der Waals surface area contributed by atoms with Crippen LogP contribution in [0.5, 0.6) is 0 Å². The minimum Gasteiger partial charge on any atom is -0.386 e. The van der Waals surface area contributed by atoms with Crippen molar-refractivity contribution in [2.45, 2.75) is 19.4 Å². The maximum absolute atomic E-state index is 10.2. The molecule has 136 valence electrons. The molecule has 1 atom stereocenters. The zero-order valence-corrected chi connectivity index (χ0v) is 15.2. The van der Waals surface area contributed by atoms with Gasteiger partial charge in [0.15, 0.2) is 5.96 Å². The number of hydrogen-bond acceptors (Lipinski definition) is 4. The second kappa shape index (κ2) is 13.0. The molecule has 0 aliphatic carbocycles. The summed E-state index contributed by atoms with van der Waals surface area (Å²) in [4.78, 5) is 4.40. The summed E-state index contributed by atoms with van der Waals surface area (Å²) >= 11 is 6.09. The number of aliphatic hydroxyl groups is 1. The smallest absolute Gasteiger partial charge is 0.191 e. The monoisotopic (exact) mass is 357 g/mol. The standard InChI is InChI=1S/C17H28ClN3O3/c1-3-19-17(20-9-6-10-24-12-11-23-2)21-13-16(22)14-7-4-5-8-15(14)18/h4-5,7-8,16,22H,3,6,9-13H2,1-2H3,(H2,19,20,21). The number of methoxy groups -OCH3 is 1. The summed E-state index contributed by atoms with van der Waals surface area (Å²) in [7, 11) is 1.65. The molecule has 3 N–H and O–H groups in total. The molecule has 0 saturated heterocycles. The molecule has 1 aromatic carbocycles. The van der Waals surface area contributed by atoms with Gasteiger partial charge < -0.3 is 25.2 Å². The summed E-state index contributed by atoms with van der Waals surface area (Å²) in [5.41, 5.74) is 0.685. The van der Waals surface area contributed by atoms with Crippen LogP contribution in [0.3, 0.4) is 0 Å². The van der Waals surface area contributed by atoms with E-state index in [1.54, 1.807) is 19.2 Å². The molecule has 0 saturated carbocycles. The van der Waals surface area contributed by atoms with Gasteiger partial charge in [0.1, 0.15) is 6.10 Å². The predicted octanol–water partition coefficient (Wildman–Crippen LogP) is 1.98. The second-order valence-electron chi connectivity index (χ2n) is 5.14. The molecule has 6 nitrogen and oxygen atoms in total. The van der Waals surface area contributed by atoms with E-state index in [0.29, 0.717) is 36.4 Å². The van der Waals surface area contributed by atoms with Gasteiger partial charge in [-0.15, -0.1) is 0 Å². The summed E-state index contributed by atoms with van der Waals surface area (Å²) in [5, 5.41) is 17.1. The molecule has 0 radical (unpaired) electrons. The van der Waals surface area contributed by atoms with E-state index in [4.69, 9.17) is 21.1 Å². The highest BCUT2D eigenvalue weighted by atomic mass is 35.5. The van der Waals surface area contributed by atoms with E-state index >= 15 is 0 Å². The van der Waals surface area contributed by atoms with Gasteiger partial charge in [-0.1, -0.05) is 29.8 Å². The van der Waals surface area contributed by atoms with Crippen molar-refractivity contribution in [1.29, 1.82) is 0 Å². The first kappa shape index (κ1) is 20.7. The van der Waals surface area contributed by atoms with Crippen LogP contribution >= 0.6 is 11.6 Å².